The summed E-state index contributed by atoms with van der Waals surface area (Å²) < 4.78 is 6.88. The molecule has 0 amide bonds. The Bertz CT molecular complexity index is 551. The van der Waals surface area contributed by atoms with Crippen LogP contribution in [-0.4, -0.2) is 6.54 Å². The van der Waals surface area contributed by atoms with E-state index in [-0.39, 0.29) is 0 Å². The Kier molecular flexibility index (Phi) is 3.24. The van der Waals surface area contributed by atoms with Crippen molar-refractivity contribution in [3.8, 4) is 5.75 Å². The van der Waals surface area contributed by atoms with Gasteiger partial charge in [0.05, 0.1) is 0 Å². The zero-order valence-corrected chi connectivity index (χ0v) is 11.5. The van der Waals surface area contributed by atoms with Gasteiger partial charge in [0, 0.05) is 22.3 Å². The summed E-state index contributed by atoms with van der Waals surface area (Å²) in [5.74, 6) is 0.897. The average molecular weight is 304 g/mol. The van der Waals surface area contributed by atoms with Crippen molar-refractivity contribution in [2.45, 2.75) is 13.0 Å². The van der Waals surface area contributed by atoms with Crippen molar-refractivity contribution in [1.29, 1.82) is 0 Å². The van der Waals surface area contributed by atoms with Crippen LogP contribution in [0.15, 0.2) is 46.9 Å². The van der Waals surface area contributed by atoms with Crippen LogP contribution in [0.2, 0.25) is 0 Å². The number of anilines is 1. The van der Waals surface area contributed by atoms with E-state index in [1.165, 1.54) is 16.8 Å². The molecular weight excluding hydrogens is 290 g/mol. The van der Waals surface area contributed by atoms with Gasteiger partial charge in [-0.3, -0.25) is 0 Å². The molecule has 2 aromatic rings. The maximum atomic E-state index is 5.81. The van der Waals surface area contributed by atoms with Crippen LogP contribution in [0.5, 0.6) is 5.75 Å². The van der Waals surface area contributed by atoms with Crippen LogP contribution in [0.4, 0.5) is 5.69 Å². The molecule has 0 saturated heterocycles. The van der Waals surface area contributed by atoms with Crippen LogP contribution in [0.3, 0.4) is 0 Å². The summed E-state index contributed by atoms with van der Waals surface area (Å²) in [5.41, 5.74) is 3.88. The highest BCUT2D eigenvalue weighted by molar-refractivity contribution is 9.10. The molecule has 1 heterocycles. The van der Waals surface area contributed by atoms with E-state index < -0.39 is 0 Å². The van der Waals surface area contributed by atoms with E-state index in [4.69, 9.17) is 4.74 Å². The van der Waals surface area contributed by atoms with Crippen LogP contribution in [0.25, 0.3) is 0 Å². The quantitative estimate of drug-likeness (QED) is 0.925. The van der Waals surface area contributed by atoms with Gasteiger partial charge < -0.3 is 10.1 Å². The molecule has 1 aliphatic rings. The number of benzene rings is 2. The number of rotatable bonds is 3. The fourth-order valence-electron chi connectivity index (χ4n) is 2.22. The van der Waals surface area contributed by atoms with Crippen molar-refractivity contribution in [3.05, 3.63) is 58.1 Å². The molecule has 2 nitrogen and oxygen atoms in total. The summed E-state index contributed by atoms with van der Waals surface area (Å²) in [6, 6.07) is 14.3. The van der Waals surface area contributed by atoms with Crippen LogP contribution in [-0.2, 0) is 13.0 Å². The van der Waals surface area contributed by atoms with Gasteiger partial charge >= 0.3 is 0 Å². The number of nitrogens with one attached hydrogen (secondary N) is 1. The molecule has 3 rings (SSSR count). The second-order valence-corrected chi connectivity index (χ2v) is 5.29. The number of halogens is 1. The number of fused-ring (bicyclic) bond motifs is 1. The summed E-state index contributed by atoms with van der Waals surface area (Å²) in [4.78, 5) is 0. The predicted octanol–water partition coefficient (Wildman–Crippen LogP) is 4.00. The van der Waals surface area contributed by atoms with Gasteiger partial charge in [0.15, 0.2) is 0 Å². The largest absolute Gasteiger partial charge is 0.489 e. The molecule has 0 aliphatic carbocycles. The Balaban J connectivity index is 1.74. The van der Waals surface area contributed by atoms with Gasteiger partial charge in [0.1, 0.15) is 12.4 Å². The lowest BCUT2D eigenvalue weighted by molar-refractivity contribution is 0.307. The fourth-order valence-corrected chi connectivity index (χ4v) is 2.49. The minimum Gasteiger partial charge on any atom is -0.489 e. The molecule has 0 radical (unpaired) electrons. The average Bonchev–Trinajstić information content (AvgIpc) is 2.87. The van der Waals surface area contributed by atoms with E-state index in [0.717, 1.165) is 23.2 Å². The van der Waals surface area contributed by atoms with Crippen molar-refractivity contribution >= 4 is 21.6 Å². The molecule has 0 bridgehead atoms. The van der Waals surface area contributed by atoms with E-state index in [1.54, 1.807) is 0 Å². The van der Waals surface area contributed by atoms with Crippen molar-refractivity contribution in [2.24, 2.45) is 0 Å². The van der Waals surface area contributed by atoms with Crippen molar-refractivity contribution in [3.63, 3.8) is 0 Å². The molecule has 0 saturated carbocycles. The molecule has 92 valence electrons. The van der Waals surface area contributed by atoms with Crippen molar-refractivity contribution < 1.29 is 4.74 Å². The molecule has 0 fully saturated rings. The highest BCUT2D eigenvalue weighted by Crippen LogP contribution is 2.27. The van der Waals surface area contributed by atoms with E-state index in [1.807, 2.05) is 24.3 Å². The predicted molar refractivity (Wildman–Crippen MR) is 77.1 cm³/mol. The van der Waals surface area contributed by atoms with Crippen molar-refractivity contribution in [1.82, 2.24) is 0 Å². The van der Waals surface area contributed by atoms with Crippen molar-refractivity contribution in [2.75, 3.05) is 11.9 Å². The summed E-state index contributed by atoms with van der Waals surface area (Å²) in [5, 5.41) is 3.43. The van der Waals surface area contributed by atoms with E-state index in [2.05, 4.69) is 39.4 Å². The van der Waals surface area contributed by atoms with E-state index >= 15 is 0 Å². The molecule has 3 heteroatoms. The third kappa shape index (κ3) is 2.36. The minimum absolute atomic E-state index is 0.609. The van der Waals surface area contributed by atoms with Gasteiger partial charge in [-0.15, -0.1) is 0 Å². The maximum absolute atomic E-state index is 5.81. The van der Waals surface area contributed by atoms with Gasteiger partial charge in [0.2, 0.25) is 0 Å². The van der Waals surface area contributed by atoms with Crippen LogP contribution < -0.4 is 10.1 Å². The topological polar surface area (TPSA) is 21.3 Å². The van der Waals surface area contributed by atoms with E-state index in [9.17, 15) is 0 Å². The second-order valence-electron chi connectivity index (χ2n) is 4.37. The molecule has 1 aliphatic heterocycles. The smallest absolute Gasteiger partial charge is 0.119 e. The SMILES string of the molecule is Brc1ccc(OCc2cccc3c2NCC3)cc1. The molecule has 1 N–H and O–H groups in total. The lowest BCUT2D eigenvalue weighted by atomic mass is 10.1. The first-order valence-electron chi connectivity index (χ1n) is 6.06. The highest BCUT2D eigenvalue weighted by atomic mass is 79.9. The van der Waals surface area contributed by atoms with Gasteiger partial charge in [0.25, 0.3) is 0 Å². The summed E-state index contributed by atoms with van der Waals surface area (Å²) >= 11 is 3.42. The third-order valence-electron chi connectivity index (χ3n) is 3.14. The van der Waals surface area contributed by atoms with Crippen LogP contribution in [0, 0.1) is 0 Å². The monoisotopic (exact) mass is 303 g/mol. The number of para-hydroxylation sites is 1. The third-order valence-corrected chi connectivity index (χ3v) is 3.67. The molecule has 0 unspecified atom stereocenters. The number of hydrogen-bond acceptors (Lipinski definition) is 2. The van der Waals surface area contributed by atoms with Crippen LogP contribution >= 0.6 is 15.9 Å². The Morgan fingerprint density at radius 2 is 1.94 bits per heavy atom. The molecule has 0 spiro atoms. The van der Waals surface area contributed by atoms with Gasteiger partial charge in [-0.25, -0.2) is 0 Å². The van der Waals surface area contributed by atoms with Gasteiger partial charge in [-0.05, 0) is 36.2 Å². The van der Waals surface area contributed by atoms with Gasteiger partial charge in [-0.2, -0.15) is 0 Å². The lowest BCUT2D eigenvalue weighted by Crippen LogP contribution is -2.00. The first kappa shape index (κ1) is 11.6. The lowest BCUT2D eigenvalue weighted by Gasteiger charge is -2.10. The molecule has 18 heavy (non-hydrogen) atoms. The first-order chi connectivity index (χ1) is 8.83. The molecule has 2 aromatic carbocycles. The molecule has 0 atom stereocenters. The Morgan fingerprint density at radius 3 is 2.78 bits per heavy atom. The summed E-state index contributed by atoms with van der Waals surface area (Å²) in [6.45, 7) is 1.64. The zero-order valence-electron chi connectivity index (χ0n) is 9.95. The Labute approximate surface area is 115 Å². The fraction of sp³-hybridized carbons (Fsp3) is 0.200. The normalized spacial score (nSPS) is 12.9. The first-order valence-corrected chi connectivity index (χ1v) is 6.85. The highest BCUT2D eigenvalue weighted by Gasteiger charge is 2.13. The standard InChI is InChI=1S/C15H14BrNO/c16-13-4-6-14(7-5-13)18-10-12-3-1-2-11-8-9-17-15(11)12/h1-7,17H,8-10H2. The number of hydrogen-bond donors (Lipinski definition) is 1. The maximum Gasteiger partial charge on any atom is 0.119 e. The molecule has 0 aromatic heterocycles. The van der Waals surface area contributed by atoms with E-state index in [0.29, 0.717) is 6.61 Å². The zero-order chi connectivity index (χ0) is 12.4. The summed E-state index contributed by atoms with van der Waals surface area (Å²) in [6.07, 6.45) is 1.11. The minimum atomic E-state index is 0.609. The Hall–Kier alpha value is -1.48. The van der Waals surface area contributed by atoms with Gasteiger partial charge in [-0.1, -0.05) is 34.1 Å². The van der Waals surface area contributed by atoms with Crippen LogP contribution in [0.1, 0.15) is 11.1 Å². The Morgan fingerprint density at radius 1 is 1.11 bits per heavy atom. The second kappa shape index (κ2) is 5.02. The molecular formula is C15H14BrNO. The summed E-state index contributed by atoms with van der Waals surface area (Å²) in [7, 11) is 0. The number of ether oxygens (including phenoxy) is 1.